The second kappa shape index (κ2) is 3.98. The van der Waals surface area contributed by atoms with Gasteiger partial charge in [0.2, 0.25) is 0 Å². The number of hydrogen-bond donors (Lipinski definition) is 0. The summed E-state index contributed by atoms with van der Waals surface area (Å²) < 4.78 is 0. The van der Waals surface area contributed by atoms with Gasteiger partial charge in [-0.05, 0) is 31.1 Å². The van der Waals surface area contributed by atoms with E-state index in [0.29, 0.717) is 6.42 Å². The van der Waals surface area contributed by atoms with Crippen molar-refractivity contribution in [1.29, 1.82) is 0 Å². The second-order valence-electron chi connectivity index (χ2n) is 4.49. The number of rotatable bonds is 1. The minimum atomic E-state index is -0.0540. The van der Waals surface area contributed by atoms with Gasteiger partial charge in [0.05, 0.1) is 0 Å². The van der Waals surface area contributed by atoms with Crippen LogP contribution in [0.4, 0.5) is 0 Å². The minimum absolute atomic E-state index is 0.0540. The Morgan fingerprint density at radius 1 is 1.57 bits per heavy atom. The molecule has 0 atom stereocenters. The summed E-state index contributed by atoms with van der Waals surface area (Å²) in [5.41, 5.74) is 5.49. The monoisotopic (exact) mass is 190 g/mol. The molecule has 0 radical (unpaired) electrons. The summed E-state index contributed by atoms with van der Waals surface area (Å²) in [7, 11) is 0. The Hall–Kier alpha value is -1.07. The molecule has 0 saturated heterocycles. The van der Waals surface area contributed by atoms with Gasteiger partial charge in [-0.25, -0.2) is 0 Å². The molecule has 0 heterocycles. The SMILES string of the molecule is CCC=C=C1C(C)=CC(=O)CC1(C)C. The first-order valence-electron chi connectivity index (χ1n) is 5.14. The van der Waals surface area contributed by atoms with E-state index in [1.54, 1.807) is 6.08 Å². The third-order valence-electron chi connectivity index (χ3n) is 2.52. The Labute approximate surface area is 86.2 Å². The fourth-order valence-corrected chi connectivity index (χ4v) is 1.94. The average Bonchev–Trinajstić information content (AvgIpc) is 2.00. The van der Waals surface area contributed by atoms with Crippen LogP contribution in [0.25, 0.3) is 0 Å². The molecule has 0 amide bonds. The van der Waals surface area contributed by atoms with E-state index in [-0.39, 0.29) is 11.2 Å². The van der Waals surface area contributed by atoms with Crippen LogP contribution in [-0.2, 0) is 4.79 Å². The van der Waals surface area contributed by atoms with Crippen LogP contribution in [-0.4, -0.2) is 5.78 Å². The van der Waals surface area contributed by atoms with Crippen LogP contribution in [0.3, 0.4) is 0 Å². The second-order valence-corrected chi connectivity index (χ2v) is 4.49. The molecule has 0 spiro atoms. The topological polar surface area (TPSA) is 17.1 Å². The standard InChI is InChI=1S/C13H18O/c1-5-6-7-12-10(2)8-11(14)9-13(12,3)4/h6,8H,5,9H2,1-4H3. The lowest BCUT2D eigenvalue weighted by Gasteiger charge is -2.29. The molecule has 1 nitrogen and oxygen atoms in total. The van der Waals surface area contributed by atoms with Crippen LogP contribution < -0.4 is 0 Å². The highest BCUT2D eigenvalue weighted by molar-refractivity contribution is 5.93. The van der Waals surface area contributed by atoms with Crippen LogP contribution in [0, 0.1) is 5.41 Å². The van der Waals surface area contributed by atoms with Crippen LogP contribution in [0.1, 0.15) is 40.5 Å². The molecule has 0 aliphatic heterocycles. The van der Waals surface area contributed by atoms with Crippen molar-refractivity contribution in [3.63, 3.8) is 0 Å². The van der Waals surface area contributed by atoms with Gasteiger partial charge in [-0.15, -0.1) is 5.73 Å². The van der Waals surface area contributed by atoms with Crippen molar-refractivity contribution in [2.24, 2.45) is 5.41 Å². The van der Waals surface area contributed by atoms with Crippen LogP contribution >= 0.6 is 0 Å². The molecule has 0 N–H and O–H groups in total. The van der Waals surface area contributed by atoms with E-state index in [4.69, 9.17) is 0 Å². The van der Waals surface area contributed by atoms with Gasteiger partial charge in [0.25, 0.3) is 0 Å². The van der Waals surface area contributed by atoms with E-state index in [2.05, 4.69) is 26.5 Å². The molecule has 1 heteroatoms. The minimum Gasteiger partial charge on any atom is -0.295 e. The molecular weight excluding hydrogens is 172 g/mol. The zero-order chi connectivity index (χ0) is 10.8. The normalized spacial score (nSPS) is 20.1. The molecule has 0 aromatic rings. The summed E-state index contributed by atoms with van der Waals surface area (Å²) in [6, 6.07) is 0. The summed E-state index contributed by atoms with van der Waals surface area (Å²) >= 11 is 0. The van der Waals surface area contributed by atoms with Gasteiger partial charge in [-0.3, -0.25) is 4.79 Å². The van der Waals surface area contributed by atoms with Crippen LogP contribution in [0.15, 0.2) is 29.0 Å². The fraction of sp³-hybridized carbons (Fsp3) is 0.538. The lowest BCUT2D eigenvalue weighted by atomic mass is 9.73. The molecule has 1 aliphatic rings. The van der Waals surface area contributed by atoms with Gasteiger partial charge in [0.15, 0.2) is 5.78 Å². The van der Waals surface area contributed by atoms with Crippen molar-refractivity contribution in [1.82, 2.24) is 0 Å². The number of allylic oxidation sites excluding steroid dienone is 3. The van der Waals surface area contributed by atoms with Crippen molar-refractivity contribution < 1.29 is 4.79 Å². The van der Waals surface area contributed by atoms with Gasteiger partial charge in [-0.2, -0.15) is 0 Å². The number of ketones is 1. The maximum atomic E-state index is 11.4. The highest BCUT2D eigenvalue weighted by Gasteiger charge is 2.30. The summed E-state index contributed by atoms with van der Waals surface area (Å²) in [5.74, 6) is 0.231. The zero-order valence-electron chi connectivity index (χ0n) is 9.48. The van der Waals surface area contributed by atoms with Gasteiger partial charge in [-0.1, -0.05) is 20.8 Å². The van der Waals surface area contributed by atoms with Crippen LogP contribution in [0.5, 0.6) is 0 Å². The van der Waals surface area contributed by atoms with E-state index in [1.807, 2.05) is 13.0 Å². The summed E-state index contributed by atoms with van der Waals surface area (Å²) in [6.07, 6.45) is 5.35. The predicted octanol–water partition coefficient (Wildman–Crippen LogP) is 3.42. The molecule has 76 valence electrons. The third kappa shape index (κ3) is 2.24. The number of hydrogen-bond acceptors (Lipinski definition) is 1. The first-order valence-corrected chi connectivity index (χ1v) is 5.14. The molecular formula is C13H18O. The molecule has 0 aromatic carbocycles. The van der Waals surface area contributed by atoms with Crippen molar-refractivity contribution in [2.75, 3.05) is 0 Å². The lowest BCUT2D eigenvalue weighted by molar-refractivity contribution is -0.116. The maximum absolute atomic E-state index is 11.4. The van der Waals surface area contributed by atoms with Crippen molar-refractivity contribution in [2.45, 2.75) is 40.5 Å². The first-order chi connectivity index (χ1) is 6.47. The fourth-order valence-electron chi connectivity index (χ4n) is 1.94. The lowest BCUT2D eigenvalue weighted by Crippen LogP contribution is -2.23. The van der Waals surface area contributed by atoms with E-state index in [1.165, 1.54) is 5.57 Å². The van der Waals surface area contributed by atoms with E-state index >= 15 is 0 Å². The molecule has 14 heavy (non-hydrogen) atoms. The first kappa shape index (κ1) is 11.0. The number of carbonyl (C=O) groups is 1. The molecule has 0 bridgehead atoms. The Morgan fingerprint density at radius 3 is 2.71 bits per heavy atom. The smallest absolute Gasteiger partial charge is 0.156 e. The highest BCUT2D eigenvalue weighted by atomic mass is 16.1. The van der Waals surface area contributed by atoms with Crippen molar-refractivity contribution in [3.8, 4) is 0 Å². The number of carbonyl (C=O) groups excluding carboxylic acids is 1. The Kier molecular flexibility index (Phi) is 3.13. The molecule has 0 saturated carbocycles. The summed E-state index contributed by atoms with van der Waals surface area (Å²) in [4.78, 5) is 11.4. The van der Waals surface area contributed by atoms with Gasteiger partial charge >= 0.3 is 0 Å². The maximum Gasteiger partial charge on any atom is 0.156 e. The molecule has 1 aliphatic carbocycles. The summed E-state index contributed by atoms with van der Waals surface area (Å²) in [5, 5.41) is 0. The Balaban J connectivity index is 3.20. The Morgan fingerprint density at radius 2 is 2.21 bits per heavy atom. The molecule has 1 rings (SSSR count). The van der Waals surface area contributed by atoms with Gasteiger partial charge in [0, 0.05) is 17.4 Å². The largest absolute Gasteiger partial charge is 0.295 e. The van der Waals surface area contributed by atoms with Gasteiger partial charge in [0.1, 0.15) is 0 Å². The van der Waals surface area contributed by atoms with E-state index in [9.17, 15) is 4.79 Å². The predicted molar refractivity (Wildman–Crippen MR) is 59.0 cm³/mol. The summed E-state index contributed by atoms with van der Waals surface area (Å²) in [6.45, 7) is 8.29. The van der Waals surface area contributed by atoms with Crippen LogP contribution in [0.2, 0.25) is 0 Å². The molecule has 0 unspecified atom stereocenters. The van der Waals surface area contributed by atoms with Crippen molar-refractivity contribution in [3.05, 3.63) is 29.0 Å². The van der Waals surface area contributed by atoms with Crippen molar-refractivity contribution >= 4 is 5.78 Å². The highest BCUT2D eigenvalue weighted by Crippen LogP contribution is 2.38. The third-order valence-corrected chi connectivity index (χ3v) is 2.52. The average molecular weight is 190 g/mol. The van der Waals surface area contributed by atoms with Gasteiger partial charge < -0.3 is 0 Å². The molecule has 0 aromatic heterocycles. The zero-order valence-corrected chi connectivity index (χ0v) is 9.48. The quantitative estimate of drug-likeness (QED) is 0.579. The van der Waals surface area contributed by atoms with E-state index < -0.39 is 0 Å². The Bertz CT molecular complexity index is 336. The van der Waals surface area contributed by atoms with E-state index in [0.717, 1.165) is 12.0 Å². The molecule has 0 fully saturated rings.